The summed E-state index contributed by atoms with van der Waals surface area (Å²) >= 11 is 0. The molecule has 0 radical (unpaired) electrons. The largest absolute Gasteiger partial charge is 0.376 e. The molecule has 0 aromatic heterocycles. The lowest BCUT2D eigenvalue weighted by Crippen LogP contribution is -2.46. The monoisotopic (exact) mass is 247 g/mol. The standard InChI is InChI=1S/C16H25NO/c1-10(14-9-11-2-3-13(14)8-11)17-15-6-7-18-16(15)12-4-5-12/h2-3,10-17H,4-9H2,1H3. The number of allylic oxidation sites excluding steroid dienone is 2. The molecular weight excluding hydrogens is 222 g/mol. The molecule has 0 aromatic rings. The summed E-state index contributed by atoms with van der Waals surface area (Å²) in [6.07, 6.45) is 12.3. The fourth-order valence-electron chi connectivity index (χ4n) is 4.54. The van der Waals surface area contributed by atoms with Crippen LogP contribution >= 0.6 is 0 Å². The van der Waals surface area contributed by atoms with E-state index in [4.69, 9.17) is 4.74 Å². The third-order valence-corrected chi connectivity index (χ3v) is 5.67. The first-order chi connectivity index (χ1) is 8.81. The van der Waals surface area contributed by atoms with Crippen molar-refractivity contribution < 1.29 is 4.74 Å². The lowest BCUT2D eigenvalue weighted by molar-refractivity contribution is 0.0769. The highest BCUT2D eigenvalue weighted by Gasteiger charge is 2.43. The van der Waals surface area contributed by atoms with E-state index in [0.29, 0.717) is 18.2 Å². The molecule has 4 rings (SSSR count). The second kappa shape index (κ2) is 4.35. The fraction of sp³-hybridized carbons (Fsp3) is 0.875. The van der Waals surface area contributed by atoms with Crippen LogP contribution in [-0.4, -0.2) is 24.8 Å². The van der Waals surface area contributed by atoms with Gasteiger partial charge in [0.15, 0.2) is 0 Å². The summed E-state index contributed by atoms with van der Waals surface area (Å²) in [5.74, 6) is 3.50. The molecule has 6 unspecified atom stereocenters. The first-order valence-corrected chi connectivity index (χ1v) is 7.87. The molecule has 4 aliphatic rings. The van der Waals surface area contributed by atoms with Crippen LogP contribution in [0.2, 0.25) is 0 Å². The molecule has 3 aliphatic carbocycles. The van der Waals surface area contributed by atoms with Gasteiger partial charge in [-0.2, -0.15) is 0 Å². The highest BCUT2D eigenvalue weighted by molar-refractivity contribution is 5.12. The third kappa shape index (κ3) is 1.94. The second-order valence-electron chi connectivity index (χ2n) is 6.97. The molecule has 1 N–H and O–H groups in total. The SMILES string of the molecule is CC(NC1CCOC1C1CC1)C1CC2C=CC1C2. The van der Waals surface area contributed by atoms with Crippen LogP contribution in [0.15, 0.2) is 12.2 Å². The van der Waals surface area contributed by atoms with Gasteiger partial charge in [-0.05, 0) is 62.7 Å². The Morgan fingerprint density at radius 1 is 1.17 bits per heavy atom. The molecule has 2 bridgehead atoms. The first kappa shape index (κ1) is 11.5. The van der Waals surface area contributed by atoms with Gasteiger partial charge in [0.2, 0.25) is 0 Å². The Balaban J connectivity index is 1.37. The Morgan fingerprint density at radius 3 is 2.72 bits per heavy atom. The van der Waals surface area contributed by atoms with Crippen LogP contribution in [0.5, 0.6) is 0 Å². The van der Waals surface area contributed by atoms with Crippen LogP contribution in [0.3, 0.4) is 0 Å². The van der Waals surface area contributed by atoms with Gasteiger partial charge in [0.1, 0.15) is 0 Å². The average molecular weight is 247 g/mol. The Hall–Kier alpha value is -0.340. The van der Waals surface area contributed by atoms with Gasteiger partial charge in [-0.25, -0.2) is 0 Å². The predicted octanol–water partition coefficient (Wildman–Crippen LogP) is 2.74. The molecule has 2 nitrogen and oxygen atoms in total. The maximum atomic E-state index is 5.94. The van der Waals surface area contributed by atoms with Crippen LogP contribution in [0.4, 0.5) is 0 Å². The molecule has 100 valence electrons. The van der Waals surface area contributed by atoms with Crippen molar-refractivity contribution >= 4 is 0 Å². The maximum absolute atomic E-state index is 5.94. The highest BCUT2D eigenvalue weighted by atomic mass is 16.5. The zero-order chi connectivity index (χ0) is 12.1. The van der Waals surface area contributed by atoms with E-state index in [0.717, 1.165) is 30.3 Å². The molecule has 0 aromatic carbocycles. The lowest BCUT2D eigenvalue weighted by atomic mass is 9.87. The van der Waals surface area contributed by atoms with Crippen molar-refractivity contribution in [2.45, 2.75) is 57.2 Å². The summed E-state index contributed by atoms with van der Waals surface area (Å²) in [5, 5.41) is 3.92. The molecule has 2 heteroatoms. The number of fused-ring (bicyclic) bond motifs is 2. The molecule has 1 saturated heterocycles. The van der Waals surface area contributed by atoms with Crippen molar-refractivity contribution in [3.63, 3.8) is 0 Å². The van der Waals surface area contributed by atoms with E-state index < -0.39 is 0 Å². The Kier molecular flexibility index (Phi) is 2.77. The summed E-state index contributed by atoms with van der Waals surface area (Å²) in [6, 6.07) is 1.30. The molecule has 3 fully saturated rings. The Bertz CT molecular complexity index is 349. The van der Waals surface area contributed by atoms with Crippen molar-refractivity contribution in [3.8, 4) is 0 Å². The van der Waals surface area contributed by atoms with E-state index in [-0.39, 0.29) is 0 Å². The molecule has 6 atom stereocenters. The van der Waals surface area contributed by atoms with Crippen LogP contribution in [0, 0.1) is 23.7 Å². The molecule has 18 heavy (non-hydrogen) atoms. The normalized spacial score (nSPS) is 47.9. The topological polar surface area (TPSA) is 21.3 Å². The van der Waals surface area contributed by atoms with Gasteiger partial charge in [-0.3, -0.25) is 0 Å². The van der Waals surface area contributed by atoms with Gasteiger partial charge in [-0.15, -0.1) is 0 Å². The summed E-state index contributed by atoms with van der Waals surface area (Å²) in [6.45, 7) is 3.38. The lowest BCUT2D eigenvalue weighted by Gasteiger charge is -2.30. The maximum Gasteiger partial charge on any atom is 0.0757 e. The van der Waals surface area contributed by atoms with Gasteiger partial charge in [0, 0.05) is 18.7 Å². The summed E-state index contributed by atoms with van der Waals surface area (Å²) in [5.41, 5.74) is 0. The Labute approximate surface area is 110 Å². The number of hydrogen-bond acceptors (Lipinski definition) is 2. The fourth-order valence-corrected chi connectivity index (χ4v) is 4.54. The van der Waals surface area contributed by atoms with Gasteiger partial charge in [-0.1, -0.05) is 12.2 Å². The smallest absolute Gasteiger partial charge is 0.0757 e. The van der Waals surface area contributed by atoms with Crippen molar-refractivity contribution in [2.24, 2.45) is 23.7 Å². The quantitative estimate of drug-likeness (QED) is 0.771. The van der Waals surface area contributed by atoms with Gasteiger partial charge >= 0.3 is 0 Å². The highest BCUT2D eigenvalue weighted by Crippen LogP contribution is 2.45. The van der Waals surface area contributed by atoms with E-state index in [1.54, 1.807) is 0 Å². The van der Waals surface area contributed by atoms with E-state index >= 15 is 0 Å². The average Bonchev–Trinajstić information content (AvgIpc) is 2.81. The number of rotatable bonds is 4. The summed E-state index contributed by atoms with van der Waals surface area (Å²) < 4.78 is 5.94. The number of hydrogen-bond donors (Lipinski definition) is 1. The zero-order valence-corrected chi connectivity index (χ0v) is 11.3. The van der Waals surface area contributed by atoms with Gasteiger partial charge in [0.05, 0.1) is 6.10 Å². The minimum atomic E-state index is 0.529. The van der Waals surface area contributed by atoms with Crippen LogP contribution in [0.1, 0.15) is 39.0 Å². The van der Waals surface area contributed by atoms with E-state index in [2.05, 4.69) is 24.4 Å². The molecule has 0 spiro atoms. The number of nitrogens with one attached hydrogen (secondary N) is 1. The van der Waals surface area contributed by atoms with Crippen molar-refractivity contribution in [2.75, 3.05) is 6.61 Å². The van der Waals surface area contributed by atoms with Crippen molar-refractivity contribution in [1.29, 1.82) is 0 Å². The zero-order valence-electron chi connectivity index (χ0n) is 11.3. The molecule has 1 heterocycles. The molecule has 2 saturated carbocycles. The number of ether oxygens (including phenoxy) is 1. The van der Waals surface area contributed by atoms with E-state index in [9.17, 15) is 0 Å². The second-order valence-corrected chi connectivity index (χ2v) is 6.97. The van der Waals surface area contributed by atoms with Crippen molar-refractivity contribution in [1.82, 2.24) is 5.32 Å². The van der Waals surface area contributed by atoms with Gasteiger partial charge in [0.25, 0.3) is 0 Å². The molecule has 0 amide bonds. The minimum absolute atomic E-state index is 0.529. The molecular formula is C16H25NO. The van der Waals surface area contributed by atoms with E-state index in [1.807, 2.05) is 0 Å². The van der Waals surface area contributed by atoms with Crippen molar-refractivity contribution in [3.05, 3.63) is 12.2 Å². The third-order valence-electron chi connectivity index (χ3n) is 5.67. The Morgan fingerprint density at radius 2 is 2.06 bits per heavy atom. The summed E-state index contributed by atoms with van der Waals surface area (Å²) in [7, 11) is 0. The van der Waals surface area contributed by atoms with Gasteiger partial charge < -0.3 is 10.1 Å². The van der Waals surface area contributed by atoms with E-state index in [1.165, 1.54) is 32.1 Å². The van der Waals surface area contributed by atoms with Crippen LogP contribution < -0.4 is 5.32 Å². The first-order valence-electron chi connectivity index (χ1n) is 7.87. The minimum Gasteiger partial charge on any atom is -0.376 e. The van der Waals surface area contributed by atoms with Crippen LogP contribution in [-0.2, 0) is 4.74 Å². The predicted molar refractivity (Wildman–Crippen MR) is 72.3 cm³/mol. The van der Waals surface area contributed by atoms with Crippen LogP contribution in [0.25, 0.3) is 0 Å². The summed E-state index contributed by atoms with van der Waals surface area (Å²) in [4.78, 5) is 0. The molecule has 1 aliphatic heterocycles.